The summed E-state index contributed by atoms with van der Waals surface area (Å²) in [6.45, 7) is 25.8. The molecule has 3 rings (SSSR count). The highest BCUT2D eigenvalue weighted by Gasteiger charge is 2.27. The Balaban J connectivity index is 0.00000247. The van der Waals surface area contributed by atoms with Gasteiger partial charge in [0, 0.05) is 17.9 Å². The highest BCUT2D eigenvalue weighted by atomic mass is 16.5. The minimum Gasteiger partial charge on any atom is -0.493 e. The molecule has 0 aliphatic carbocycles. The van der Waals surface area contributed by atoms with Crippen molar-refractivity contribution in [3.8, 4) is 11.5 Å². The number of rotatable bonds is 12. The van der Waals surface area contributed by atoms with E-state index in [0.29, 0.717) is 11.8 Å². The van der Waals surface area contributed by atoms with Crippen LogP contribution in [0.1, 0.15) is 113 Å². The summed E-state index contributed by atoms with van der Waals surface area (Å²) in [5.41, 5.74) is 7.49. The molecule has 0 amide bonds. The second-order valence-corrected chi connectivity index (χ2v) is 11.8. The second-order valence-electron chi connectivity index (χ2n) is 11.8. The van der Waals surface area contributed by atoms with Crippen molar-refractivity contribution in [2.45, 2.75) is 113 Å². The van der Waals surface area contributed by atoms with Crippen LogP contribution in [-0.2, 0) is 5.41 Å². The third-order valence-corrected chi connectivity index (χ3v) is 8.23. The van der Waals surface area contributed by atoms with Gasteiger partial charge in [-0.3, -0.25) is 0 Å². The Kier molecular flexibility index (Phi) is 13.2. The predicted octanol–water partition coefficient (Wildman–Crippen LogP) is 9.25. The lowest BCUT2D eigenvalue weighted by molar-refractivity contribution is 0.216. The van der Waals surface area contributed by atoms with Crippen molar-refractivity contribution in [2.75, 3.05) is 26.3 Å². The topological polar surface area (TPSA) is 30.5 Å². The van der Waals surface area contributed by atoms with Crippen molar-refractivity contribution in [3.05, 3.63) is 57.6 Å². The van der Waals surface area contributed by atoms with Gasteiger partial charge in [0.15, 0.2) is 0 Å². The Morgan fingerprint density at radius 1 is 0.868 bits per heavy atom. The largest absolute Gasteiger partial charge is 0.493 e. The van der Waals surface area contributed by atoms with E-state index < -0.39 is 0 Å². The zero-order valence-electron chi connectivity index (χ0n) is 26.4. The van der Waals surface area contributed by atoms with Gasteiger partial charge in [-0.15, -0.1) is 0 Å². The fourth-order valence-electron chi connectivity index (χ4n) is 5.61. The van der Waals surface area contributed by atoms with Crippen LogP contribution >= 0.6 is 0 Å². The molecular formula is C35H57NO2. The van der Waals surface area contributed by atoms with E-state index in [1.165, 1.54) is 71.9 Å². The standard InChI is InChI=1S/C33H51NO2.C2H6/c1-9-11-13-27(10-2)21-35-31-23(3)16-29(17-24(31)4)33(7,8)30-18-25(5)32(26(6)19-30)36-22-28-14-12-15-34-20-28;1-2/h16-19,27-28,34H,9-15,20-22H2,1-8H3;1-2H3. The molecule has 3 heteroatoms. The summed E-state index contributed by atoms with van der Waals surface area (Å²) >= 11 is 0. The molecule has 0 bridgehead atoms. The summed E-state index contributed by atoms with van der Waals surface area (Å²) in [7, 11) is 0. The summed E-state index contributed by atoms with van der Waals surface area (Å²) < 4.78 is 12.8. The van der Waals surface area contributed by atoms with Crippen molar-refractivity contribution >= 4 is 0 Å². The van der Waals surface area contributed by atoms with Crippen molar-refractivity contribution < 1.29 is 9.47 Å². The fourth-order valence-corrected chi connectivity index (χ4v) is 5.61. The van der Waals surface area contributed by atoms with E-state index >= 15 is 0 Å². The van der Waals surface area contributed by atoms with E-state index in [9.17, 15) is 0 Å². The quantitative estimate of drug-likeness (QED) is 0.301. The lowest BCUT2D eigenvalue weighted by atomic mass is 9.76. The number of aryl methyl sites for hydroxylation is 4. The van der Waals surface area contributed by atoms with E-state index in [-0.39, 0.29) is 5.41 Å². The molecule has 3 nitrogen and oxygen atoms in total. The maximum atomic E-state index is 6.40. The number of hydrogen-bond donors (Lipinski definition) is 1. The molecule has 1 aliphatic rings. The minimum atomic E-state index is -0.109. The third kappa shape index (κ3) is 8.50. The van der Waals surface area contributed by atoms with E-state index in [2.05, 4.69) is 85.0 Å². The number of piperidine rings is 1. The van der Waals surface area contributed by atoms with E-state index in [1.54, 1.807) is 0 Å². The van der Waals surface area contributed by atoms with Crippen LogP contribution in [0.3, 0.4) is 0 Å². The number of benzene rings is 2. The molecule has 2 aromatic rings. The molecule has 2 atom stereocenters. The first kappa shape index (κ1) is 32.2. The van der Waals surface area contributed by atoms with Crippen LogP contribution in [0.15, 0.2) is 24.3 Å². The van der Waals surface area contributed by atoms with Gasteiger partial charge in [0.05, 0.1) is 13.2 Å². The maximum absolute atomic E-state index is 6.40. The normalized spacial score (nSPS) is 16.4. The zero-order chi connectivity index (χ0) is 28.3. The van der Waals surface area contributed by atoms with Crippen LogP contribution in [0.2, 0.25) is 0 Å². The molecule has 0 radical (unpaired) electrons. The van der Waals surface area contributed by atoms with E-state index in [4.69, 9.17) is 9.47 Å². The zero-order valence-corrected chi connectivity index (χ0v) is 26.4. The molecule has 0 aromatic heterocycles. The summed E-state index contributed by atoms with van der Waals surface area (Å²) in [6, 6.07) is 9.33. The van der Waals surface area contributed by atoms with Crippen molar-refractivity contribution in [1.82, 2.24) is 5.32 Å². The van der Waals surface area contributed by atoms with Crippen LogP contribution in [0.25, 0.3) is 0 Å². The smallest absolute Gasteiger partial charge is 0.125 e. The summed E-state index contributed by atoms with van der Waals surface area (Å²) in [4.78, 5) is 0. The van der Waals surface area contributed by atoms with Gasteiger partial charge in [-0.25, -0.2) is 0 Å². The molecule has 0 spiro atoms. The van der Waals surface area contributed by atoms with E-state index in [0.717, 1.165) is 37.8 Å². The summed E-state index contributed by atoms with van der Waals surface area (Å²) in [6.07, 6.45) is 7.48. The highest BCUT2D eigenvalue weighted by Crippen LogP contribution is 2.39. The summed E-state index contributed by atoms with van der Waals surface area (Å²) in [5, 5.41) is 3.50. The van der Waals surface area contributed by atoms with Crippen LogP contribution in [-0.4, -0.2) is 26.3 Å². The van der Waals surface area contributed by atoms with Crippen molar-refractivity contribution in [2.24, 2.45) is 11.8 Å². The van der Waals surface area contributed by atoms with Crippen LogP contribution in [0, 0.1) is 39.5 Å². The molecule has 1 N–H and O–H groups in total. The Bertz CT molecular complexity index is 941. The van der Waals surface area contributed by atoms with Gasteiger partial charge in [0.2, 0.25) is 0 Å². The molecule has 2 unspecified atom stereocenters. The Hall–Kier alpha value is -2.00. The Morgan fingerprint density at radius 3 is 1.84 bits per heavy atom. The van der Waals surface area contributed by atoms with Crippen LogP contribution in [0.5, 0.6) is 11.5 Å². The first-order chi connectivity index (χ1) is 18.2. The molecule has 1 heterocycles. The molecular weight excluding hydrogens is 466 g/mol. The fraction of sp³-hybridized carbons (Fsp3) is 0.657. The Labute approximate surface area is 235 Å². The number of nitrogens with one attached hydrogen (secondary N) is 1. The number of ether oxygens (including phenoxy) is 2. The van der Waals surface area contributed by atoms with Gasteiger partial charge in [0.1, 0.15) is 11.5 Å². The lowest BCUT2D eigenvalue weighted by Crippen LogP contribution is -2.33. The highest BCUT2D eigenvalue weighted by molar-refractivity contribution is 5.52. The first-order valence-electron chi connectivity index (χ1n) is 15.4. The molecule has 2 aromatic carbocycles. The molecule has 0 saturated carbocycles. The average Bonchev–Trinajstić information content (AvgIpc) is 2.91. The first-order valence-corrected chi connectivity index (χ1v) is 15.4. The van der Waals surface area contributed by atoms with Gasteiger partial charge in [-0.1, -0.05) is 85.1 Å². The van der Waals surface area contributed by atoms with Gasteiger partial charge >= 0.3 is 0 Å². The third-order valence-electron chi connectivity index (χ3n) is 8.23. The van der Waals surface area contributed by atoms with Crippen LogP contribution in [0.4, 0.5) is 0 Å². The lowest BCUT2D eigenvalue weighted by Gasteiger charge is -2.30. The number of unbranched alkanes of at least 4 members (excludes halogenated alkanes) is 1. The second kappa shape index (κ2) is 15.6. The van der Waals surface area contributed by atoms with E-state index in [1.807, 2.05) is 13.8 Å². The van der Waals surface area contributed by atoms with Crippen molar-refractivity contribution in [1.29, 1.82) is 0 Å². The Morgan fingerprint density at radius 2 is 1.39 bits per heavy atom. The SMILES string of the molecule is CC.CCCCC(CC)COc1c(C)cc(C(C)(C)c2cc(C)c(OCC3CCCNC3)c(C)c2)cc1C. The minimum absolute atomic E-state index is 0.109. The van der Waals surface area contributed by atoms with Crippen molar-refractivity contribution in [3.63, 3.8) is 0 Å². The molecule has 1 saturated heterocycles. The predicted molar refractivity (Wildman–Crippen MR) is 165 cm³/mol. The van der Waals surface area contributed by atoms with Gasteiger partial charge in [0.25, 0.3) is 0 Å². The summed E-state index contributed by atoms with van der Waals surface area (Å²) in [5.74, 6) is 3.38. The van der Waals surface area contributed by atoms with Crippen LogP contribution < -0.4 is 14.8 Å². The monoisotopic (exact) mass is 523 g/mol. The van der Waals surface area contributed by atoms with Gasteiger partial charge in [-0.2, -0.15) is 0 Å². The molecule has 1 fully saturated rings. The average molecular weight is 524 g/mol. The van der Waals surface area contributed by atoms with Gasteiger partial charge in [-0.05, 0) is 92.8 Å². The molecule has 38 heavy (non-hydrogen) atoms. The van der Waals surface area contributed by atoms with Gasteiger partial charge < -0.3 is 14.8 Å². The maximum Gasteiger partial charge on any atom is 0.125 e. The number of hydrogen-bond acceptors (Lipinski definition) is 3. The molecule has 1 aliphatic heterocycles. The molecule has 214 valence electrons.